The minimum atomic E-state index is -0.290. The maximum absolute atomic E-state index is 13.0. The van der Waals surface area contributed by atoms with Crippen molar-refractivity contribution < 1.29 is 13.9 Å². The number of anilines is 1. The first kappa shape index (κ1) is 18.4. The maximum atomic E-state index is 13.0. The van der Waals surface area contributed by atoms with E-state index in [0.29, 0.717) is 11.3 Å². The SMILES string of the molecule is Cc1cc(I)ccc1NC(=O)c1ccccc1OCc1ccc(F)cc1. The highest BCUT2D eigenvalue weighted by Crippen LogP contribution is 2.23. The third-order valence-corrected chi connectivity index (χ3v) is 4.55. The fourth-order valence-electron chi connectivity index (χ4n) is 2.48. The van der Waals surface area contributed by atoms with Crippen molar-refractivity contribution in [3.8, 4) is 5.75 Å². The van der Waals surface area contributed by atoms with Crippen molar-refractivity contribution in [2.75, 3.05) is 5.32 Å². The molecule has 0 spiro atoms. The summed E-state index contributed by atoms with van der Waals surface area (Å²) in [5.41, 5.74) is 3.04. The van der Waals surface area contributed by atoms with E-state index in [-0.39, 0.29) is 18.3 Å². The molecule has 0 unspecified atom stereocenters. The summed E-state index contributed by atoms with van der Waals surface area (Å²) in [4.78, 5) is 12.7. The molecule has 0 heterocycles. The third kappa shape index (κ3) is 4.60. The standard InChI is InChI=1S/C21H17FINO2/c1-14-12-17(23)10-11-19(14)24-21(25)18-4-2-3-5-20(18)26-13-15-6-8-16(22)9-7-15/h2-12H,13H2,1H3,(H,24,25). The van der Waals surface area contributed by atoms with Crippen LogP contribution in [-0.2, 0) is 6.61 Å². The monoisotopic (exact) mass is 461 g/mol. The summed E-state index contributed by atoms with van der Waals surface area (Å²) < 4.78 is 19.9. The van der Waals surface area contributed by atoms with Crippen LogP contribution in [0.15, 0.2) is 66.7 Å². The highest BCUT2D eigenvalue weighted by Gasteiger charge is 2.13. The summed E-state index contributed by atoms with van der Waals surface area (Å²) >= 11 is 2.23. The first-order valence-corrected chi connectivity index (χ1v) is 9.14. The summed E-state index contributed by atoms with van der Waals surface area (Å²) in [7, 11) is 0. The van der Waals surface area contributed by atoms with Gasteiger partial charge in [-0.3, -0.25) is 4.79 Å². The Morgan fingerprint density at radius 1 is 1.08 bits per heavy atom. The van der Waals surface area contributed by atoms with Crippen molar-refractivity contribution in [3.05, 3.63) is 92.8 Å². The van der Waals surface area contributed by atoms with E-state index >= 15 is 0 Å². The van der Waals surface area contributed by atoms with E-state index in [4.69, 9.17) is 4.74 Å². The number of para-hydroxylation sites is 1. The smallest absolute Gasteiger partial charge is 0.259 e. The van der Waals surface area contributed by atoms with Crippen molar-refractivity contribution in [2.45, 2.75) is 13.5 Å². The minimum absolute atomic E-state index is 0.232. The lowest BCUT2D eigenvalue weighted by Gasteiger charge is -2.13. The van der Waals surface area contributed by atoms with Crippen molar-refractivity contribution in [1.29, 1.82) is 0 Å². The molecule has 0 aromatic heterocycles. The number of ether oxygens (including phenoxy) is 1. The van der Waals surface area contributed by atoms with Crippen LogP contribution in [0.1, 0.15) is 21.5 Å². The molecule has 1 amide bonds. The summed E-state index contributed by atoms with van der Waals surface area (Å²) in [6, 6.07) is 19.0. The molecular formula is C21H17FINO2. The molecule has 0 saturated carbocycles. The normalized spacial score (nSPS) is 10.4. The van der Waals surface area contributed by atoms with Gasteiger partial charge in [0.15, 0.2) is 0 Å². The van der Waals surface area contributed by atoms with Crippen LogP contribution < -0.4 is 10.1 Å². The zero-order chi connectivity index (χ0) is 18.5. The number of carbonyl (C=O) groups is 1. The van der Waals surface area contributed by atoms with Gasteiger partial charge in [0.2, 0.25) is 0 Å². The second-order valence-corrected chi connectivity index (χ2v) is 7.07. The van der Waals surface area contributed by atoms with Gasteiger partial charge in [-0.25, -0.2) is 4.39 Å². The summed E-state index contributed by atoms with van der Waals surface area (Å²) in [6.45, 7) is 2.21. The molecule has 0 saturated heterocycles. The van der Waals surface area contributed by atoms with Gasteiger partial charge < -0.3 is 10.1 Å². The van der Waals surface area contributed by atoms with Crippen LogP contribution in [0.5, 0.6) is 5.75 Å². The number of nitrogens with one attached hydrogen (secondary N) is 1. The van der Waals surface area contributed by atoms with E-state index in [1.165, 1.54) is 12.1 Å². The number of amides is 1. The van der Waals surface area contributed by atoms with Crippen LogP contribution in [-0.4, -0.2) is 5.91 Å². The summed E-state index contributed by atoms with van der Waals surface area (Å²) in [5.74, 6) is -0.0390. The number of carbonyl (C=O) groups excluding carboxylic acids is 1. The third-order valence-electron chi connectivity index (χ3n) is 3.88. The van der Waals surface area contributed by atoms with Crippen LogP contribution in [0.3, 0.4) is 0 Å². The van der Waals surface area contributed by atoms with Crippen LogP contribution in [0.2, 0.25) is 0 Å². The summed E-state index contributed by atoms with van der Waals surface area (Å²) in [6.07, 6.45) is 0. The van der Waals surface area contributed by atoms with Gasteiger partial charge in [0.05, 0.1) is 5.56 Å². The Morgan fingerprint density at radius 2 is 1.81 bits per heavy atom. The topological polar surface area (TPSA) is 38.3 Å². The minimum Gasteiger partial charge on any atom is -0.488 e. The highest BCUT2D eigenvalue weighted by molar-refractivity contribution is 14.1. The van der Waals surface area contributed by atoms with Crippen molar-refractivity contribution >= 4 is 34.2 Å². The molecule has 132 valence electrons. The van der Waals surface area contributed by atoms with Gasteiger partial charge in [-0.15, -0.1) is 0 Å². The number of hydrogen-bond donors (Lipinski definition) is 1. The molecule has 0 aliphatic carbocycles. The average Bonchev–Trinajstić information content (AvgIpc) is 2.64. The predicted octanol–water partition coefficient (Wildman–Crippen LogP) is 5.57. The molecular weight excluding hydrogens is 444 g/mol. The molecule has 3 rings (SSSR count). The van der Waals surface area contributed by atoms with Gasteiger partial charge in [-0.1, -0.05) is 24.3 Å². The lowest BCUT2D eigenvalue weighted by atomic mass is 10.1. The second kappa shape index (κ2) is 8.31. The molecule has 3 nitrogen and oxygen atoms in total. The number of aryl methyl sites for hydroxylation is 1. The Labute approximate surface area is 165 Å². The van der Waals surface area contributed by atoms with E-state index in [1.54, 1.807) is 30.3 Å². The van der Waals surface area contributed by atoms with Crippen LogP contribution in [0.4, 0.5) is 10.1 Å². The molecule has 0 radical (unpaired) electrons. The number of hydrogen-bond acceptors (Lipinski definition) is 2. The average molecular weight is 461 g/mol. The Bertz CT molecular complexity index is 926. The van der Waals surface area contributed by atoms with Crippen LogP contribution >= 0.6 is 22.6 Å². The Morgan fingerprint density at radius 3 is 2.54 bits per heavy atom. The van der Waals surface area contributed by atoms with E-state index < -0.39 is 0 Å². The first-order chi connectivity index (χ1) is 12.5. The lowest BCUT2D eigenvalue weighted by Crippen LogP contribution is -2.14. The largest absolute Gasteiger partial charge is 0.488 e. The summed E-state index contributed by atoms with van der Waals surface area (Å²) in [5, 5.41) is 2.93. The van der Waals surface area contributed by atoms with Gasteiger partial charge in [-0.05, 0) is 83.1 Å². The van der Waals surface area contributed by atoms with Gasteiger partial charge >= 0.3 is 0 Å². The van der Waals surface area contributed by atoms with E-state index in [0.717, 1.165) is 20.4 Å². The Kier molecular flexibility index (Phi) is 5.88. The Balaban J connectivity index is 1.75. The number of benzene rings is 3. The molecule has 1 N–H and O–H groups in total. The van der Waals surface area contributed by atoms with E-state index in [9.17, 15) is 9.18 Å². The van der Waals surface area contributed by atoms with Gasteiger partial charge in [0.1, 0.15) is 18.2 Å². The lowest BCUT2D eigenvalue weighted by molar-refractivity contribution is 0.102. The van der Waals surface area contributed by atoms with Gasteiger partial charge in [-0.2, -0.15) is 0 Å². The zero-order valence-corrected chi connectivity index (χ0v) is 16.3. The quantitative estimate of drug-likeness (QED) is 0.505. The highest BCUT2D eigenvalue weighted by atomic mass is 127. The molecule has 5 heteroatoms. The fourth-order valence-corrected chi connectivity index (χ4v) is 3.13. The number of rotatable bonds is 5. The van der Waals surface area contributed by atoms with Crippen molar-refractivity contribution in [1.82, 2.24) is 0 Å². The first-order valence-electron chi connectivity index (χ1n) is 8.07. The fraction of sp³-hybridized carbons (Fsp3) is 0.0952. The molecule has 3 aromatic carbocycles. The van der Waals surface area contributed by atoms with Gasteiger partial charge in [0.25, 0.3) is 5.91 Å². The molecule has 0 atom stereocenters. The van der Waals surface area contributed by atoms with Crippen molar-refractivity contribution in [3.63, 3.8) is 0 Å². The molecule has 0 fully saturated rings. The molecule has 0 aliphatic rings. The maximum Gasteiger partial charge on any atom is 0.259 e. The van der Waals surface area contributed by atoms with Crippen LogP contribution in [0.25, 0.3) is 0 Å². The second-order valence-electron chi connectivity index (χ2n) is 5.82. The van der Waals surface area contributed by atoms with E-state index in [1.807, 2.05) is 31.2 Å². The molecule has 26 heavy (non-hydrogen) atoms. The zero-order valence-electron chi connectivity index (χ0n) is 14.1. The molecule has 3 aromatic rings. The molecule has 0 aliphatic heterocycles. The molecule has 0 bridgehead atoms. The van der Waals surface area contributed by atoms with Crippen LogP contribution in [0, 0.1) is 16.3 Å². The van der Waals surface area contributed by atoms with Gasteiger partial charge in [0, 0.05) is 9.26 Å². The Hall–Kier alpha value is -2.41. The van der Waals surface area contributed by atoms with E-state index in [2.05, 4.69) is 27.9 Å². The number of halogens is 2. The van der Waals surface area contributed by atoms with Crippen molar-refractivity contribution in [2.24, 2.45) is 0 Å². The predicted molar refractivity (Wildman–Crippen MR) is 109 cm³/mol.